The second-order valence-corrected chi connectivity index (χ2v) is 3.84. The lowest BCUT2D eigenvalue weighted by Crippen LogP contribution is -2.18. The van der Waals surface area contributed by atoms with Crippen molar-refractivity contribution in [3.8, 4) is 0 Å². The number of carbonyl (C=O) groups excluding carboxylic acids is 1. The summed E-state index contributed by atoms with van der Waals surface area (Å²) in [6.07, 6.45) is 2.95. The number of amides is 1. The maximum atomic E-state index is 11.5. The first-order chi connectivity index (χ1) is 8.25. The molecule has 0 bridgehead atoms. The molecule has 0 aromatic carbocycles. The van der Waals surface area contributed by atoms with Gasteiger partial charge in [-0.15, -0.1) is 0 Å². The predicted octanol–water partition coefficient (Wildman–Crippen LogP) is 2.20. The minimum atomic E-state index is -0.368. The Kier molecular flexibility index (Phi) is 3.66. The van der Waals surface area contributed by atoms with Gasteiger partial charge in [-0.3, -0.25) is 9.78 Å². The highest BCUT2D eigenvalue weighted by Gasteiger charge is 2.03. The van der Waals surface area contributed by atoms with Gasteiger partial charge in [-0.25, -0.2) is 5.43 Å². The summed E-state index contributed by atoms with van der Waals surface area (Å²) in [5.41, 5.74) is 2.66. The molecule has 5 nitrogen and oxygen atoms in total. The molecule has 1 amide bonds. The van der Waals surface area contributed by atoms with Crippen LogP contribution in [0.4, 0.5) is 0 Å². The van der Waals surface area contributed by atoms with Crippen molar-refractivity contribution in [1.82, 2.24) is 10.4 Å². The molecule has 0 spiro atoms. The molecule has 86 valence electrons. The van der Waals surface area contributed by atoms with Crippen LogP contribution in [-0.2, 0) is 0 Å². The Hall–Kier alpha value is -1.95. The molecule has 0 fully saturated rings. The molecule has 0 saturated heterocycles. The lowest BCUT2D eigenvalue weighted by Gasteiger charge is -1.96. The van der Waals surface area contributed by atoms with Crippen LogP contribution in [0.15, 0.2) is 50.7 Å². The van der Waals surface area contributed by atoms with Crippen molar-refractivity contribution in [2.75, 3.05) is 0 Å². The summed E-state index contributed by atoms with van der Waals surface area (Å²) in [6.45, 7) is 0. The first-order valence-electron chi connectivity index (χ1n) is 4.75. The highest BCUT2D eigenvalue weighted by molar-refractivity contribution is 9.10. The Morgan fingerprint density at radius 3 is 2.94 bits per heavy atom. The number of carbonyl (C=O) groups is 1. The molecule has 6 heteroatoms. The number of halogens is 1. The van der Waals surface area contributed by atoms with Crippen molar-refractivity contribution >= 4 is 28.1 Å². The molecular weight excluding hydrogens is 286 g/mol. The van der Waals surface area contributed by atoms with Gasteiger partial charge in [0.2, 0.25) is 0 Å². The monoisotopic (exact) mass is 293 g/mol. The normalized spacial score (nSPS) is 10.6. The third kappa shape index (κ3) is 3.25. The number of furan rings is 1. The molecule has 0 atom stereocenters. The molecule has 0 unspecified atom stereocenters. The molecule has 0 radical (unpaired) electrons. The second-order valence-electron chi connectivity index (χ2n) is 3.06. The molecule has 0 aliphatic carbocycles. The standard InChI is InChI=1S/C11H8BrN3O2/c12-10-5-4-8(17-10)7-14-15-11(16)9-3-1-2-6-13-9/h1-7H,(H,15,16). The van der Waals surface area contributed by atoms with E-state index in [1.54, 1.807) is 36.5 Å². The summed E-state index contributed by atoms with van der Waals surface area (Å²) >= 11 is 3.16. The van der Waals surface area contributed by atoms with Gasteiger partial charge in [0.15, 0.2) is 4.67 Å². The number of nitrogens with one attached hydrogen (secondary N) is 1. The topological polar surface area (TPSA) is 67.5 Å². The molecular formula is C11H8BrN3O2. The Balaban J connectivity index is 1.95. The van der Waals surface area contributed by atoms with E-state index in [1.807, 2.05) is 0 Å². The summed E-state index contributed by atoms with van der Waals surface area (Å²) in [6, 6.07) is 8.53. The van der Waals surface area contributed by atoms with Gasteiger partial charge >= 0.3 is 0 Å². The Labute approximate surface area is 106 Å². The summed E-state index contributed by atoms with van der Waals surface area (Å²) in [4.78, 5) is 15.4. The predicted molar refractivity (Wildman–Crippen MR) is 65.7 cm³/mol. The van der Waals surface area contributed by atoms with Crippen LogP contribution in [0.5, 0.6) is 0 Å². The Bertz CT molecular complexity index is 537. The molecule has 0 aliphatic heterocycles. The van der Waals surface area contributed by atoms with Crippen LogP contribution in [0.25, 0.3) is 0 Å². The largest absolute Gasteiger partial charge is 0.448 e. The number of hydrazone groups is 1. The summed E-state index contributed by atoms with van der Waals surface area (Å²) < 4.78 is 5.78. The molecule has 17 heavy (non-hydrogen) atoms. The minimum absolute atomic E-state index is 0.310. The maximum Gasteiger partial charge on any atom is 0.289 e. The Morgan fingerprint density at radius 1 is 1.41 bits per heavy atom. The summed E-state index contributed by atoms with van der Waals surface area (Å²) in [5.74, 6) is 0.172. The van der Waals surface area contributed by atoms with Crippen molar-refractivity contribution in [3.05, 3.63) is 52.7 Å². The average molecular weight is 294 g/mol. The third-order valence-electron chi connectivity index (χ3n) is 1.85. The van der Waals surface area contributed by atoms with Crippen LogP contribution in [0.1, 0.15) is 16.2 Å². The van der Waals surface area contributed by atoms with Crippen LogP contribution in [-0.4, -0.2) is 17.1 Å². The molecule has 2 heterocycles. The van der Waals surface area contributed by atoms with Gasteiger partial charge < -0.3 is 4.42 Å². The van der Waals surface area contributed by atoms with Crippen molar-refractivity contribution < 1.29 is 9.21 Å². The van der Waals surface area contributed by atoms with E-state index in [-0.39, 0.29) is 5.91 Å². The van der Waals surface area contributed by atoms with Crippen molar-refractivity contribution in [2.24, 2.45) is 5.10 Å². The van der Waals surface area contributed by atoms with E-state index in [0.717, 1.165) is 0 Å². The van der Waals surface area contributed by atoms with Gasteiger partial charge in [-0.2, -0.15) is 5.10 Å². The van der Waals surface area contributed by atoms with E-state index in [2.05, 4.69) is 31.4 Å². The fourth-order valence-electron chi connectivity index (χ4n) is 1.11. The Morgan fingerprint density at radius 2 is 2.29 bits per heavy atom. The molecule has 0 saturated carbocycles. The van der Waals surface area contributed by atoms with E-state index >= 15 is 0 Å². The van der Waals surface area contributed by atoms with Gasteiger partial charge in [0, 0.05) is 6.20 Å². The summed E-state index contributed by atoms with van der Waals surface area (Å²) in [5, 5.41) is 3.75. The number of pyridine rings is 1. The molecule has 1 N–H and O–H groups in total. The van der Waals surface area contributed by atoms with Crippen molar-refractivity contribution in [2.45, 2.75) is 0 Å². The number of hydrogen-bond donors (Lipinski definition) is 1. The highest BCUT2D eigenvalue weighted by atomic mass is 79.9. The van der Waals surface area contributed by atoms with E-state index in [1.165, 1.54) is 6.21 Å². The van der Waals surface area contributed by atoms with Gasteiger partial charge in [0.1, 0.15) is 11.5 Å². The molecule has 2 rings (SSSR count). The van der Waals surface area contributed by atoms with Gasteiger partial charge in [-0.1, -0.05) is 6.07 Å². The van der Waals surface area contributed by atoms with E-state index in [9.17, 15) is 4.79 Å². The maximum absolute atomic E-state index is 11.5. The van der Waals surface area contributed by atoms with Gasteiger partial charge in [-0.05, 0) is 40.2 Å². The number of hydrogen-bond acceptors (Lipinski definition) is 4. The molecule has 2 aromatic rings. The summed E-state index contributed by atoms with van der Waals surface area (Å²) in [7, 11) is 0. The fourth-order valence-corrected chi connectivity index (χ4v) is 1.43. The first kappa shape index (κ1) is 11.5. The minimum Gasteiger partial charge on any atom is -0.448 e. The lowest BCUT2D eigenvalue weighted by atomic mass is 10.3. The lowest BCUT2D eigenvalue weighted by molar-refractivity contribution is 0.0950. The zero-order chi connectivity index (χ0) is 12.1. The SMILES string of the molecule is O=C(NN=Cc1ccc(Br)o1)c1ccccn1. The van der Waals surface area contributed by atoms with Gasteiger partial charge in [0.05, 0.1) is 6.21 Å². The first-order valence-corrected chi connectivity index (χ1v) is 5.55. The molecule has 2 aromatic heterocycles. The fraction of sp³-hybridized carbons (Fsp3) is 0. The van der Waals surface area contributed by atoms with Crippen molar-refractivity contribution in [1.29, 1.82) is 0 Å². The van der Waals surface area contributed by atoms with Crippen LogP contribution < -0.4 is 5.43 Å². The average Bonchev–Trinajstić information content (AvgIpc) is 2.76. The smallest absolute Gasteiger partial charge is 0.289 e. The number of nitrogens with zero attached hydrogens (tertiary/aromatic N) is 2. The number of rotatable bonds is 3. The van der Waals surface area contributed by atoms with E-state index < -0.39 is 0 Å². The van der Waals surface area contributed by atoms with Crippen LogP contribution in [0, 0.1) is 0 Å². The van der Waals surface area contributed by atoms with Crippen LogP contribution in [0.3, 0.4) is 0 Å². The zero-order valence-corrected chi connectivity index (χ0v) is 10.2. The van der Waals surface area contributed by atoms with E-state index in [0.29, 0.717) is 16.1 Å². The highest BCUT2D eigenvalue weighted by Crippen LogP contribution is 2.11. The van der Waals surface area contributed by atoms with Gasteiger partial charge in [0.25, 0.3) is 5.91 Å². The van der Waals surface area contributed by atoms with Crippen LogP contribution in [0.2, 0.25) is 0 Å². The third-order valence-corrected chi connectivity index (χ3v) is 2.28. The van der Waals surface area contributed by atoms with E-state index in [4.69, 9.17) is 4.42 Å². The van der Waals surface area contributed by atoms with Crippen LogP contribution >= 0.6 is 15.9 Å². The zero-order valence-electron chi connectivity index (χ0n) is 8.63. The molecule has 0 aliphatic rings. The second kappa shape index (κ2) is 5.40. The quantitative estimate of drug-likeness (QED) is 0.697. The number of aromatic nitrogens is 1. The van der Waals surface area contributed by atoms with Crippen molar-refractivity contribution in [3.63, 3.8) is 0 Å².